The van der Waals surface area contributed by atoms with Gasteiger partial charge in [-0.2, -0.15) is 0 Å². The lowest BCUT2D eigenvalue weighted by Gasteiger charge is -2.18. The van der Waals surface area contributed by atoms with Crippen LogP contribution >= 0.6 is 0 Å². The average molecular weight is 234 g/mol. The van der Waals surface area contributed by atoms with Gasteiger partial charge in [-0.25, -0.2) is 0 Å². The molecule has 0 saturated heterocycles. The van der Waals surface area contributed by atoms with Crippen LogP contribution in [0.1, 0.15) is 26.0 Å². The smallest absolute Gasteiger partial charge is 0.230 e. The van der Waals surface area contributed by atoms with E-state index in [4.69, 9.17) is 4.74 Å². The predicted octanol–water partition coefficient (Wildman–Crippen LogP) is 2.64. The molecule has 0 aliphatic rings. The van der Waals surface area contributed by atoms with Crippen molar-refractivity contribution in [2.24, 2.45) is 0 Å². The van der Waals surface area contributed by atoms with Crippen LogP contribution in [0.4, 0.5) is 5.69 Å². The summed E-state index contributed by atoms with van der Waals surface area (Å²) in [6.45, 7) is 5.54. The lowest BCUT2D eigenvalue weighted by atomic mass is 10.3. The Kier molecular flexibility index (Phi) is 4.69. The van der Waals surface area contributed by atoms with E-state index in [9.17, 15) is 4.79 Å². The predicted molar refractivity (Wildman–Crippen MR) is 67.5 cm³/mol. The van der Waals surface area contributed by atoms with Crippen molar-refractivity contribution in [3.05, 3.63) is 36.0 Å². The second kappa shape index (κ2) is 6.03. The van der Waals surface area contributed by atoms with Crippen LogP contribution < -0.4 is 4.90 Å². The van der Waals surface area contributed by atoms with E-state index < -0.39 is 0 Å². The van der Waals surface area contributed by atoms with Gasteiger partial charge in [0.25, 0.3) is 0 Å². The first-order chi connectivity index (χ1) is 8.08. The second-order valence-corrected chi connectivity index (χ2v) is 3.72. The van der Waals surface area contributed by atoms with Crippen molar-refractivity contribution in [2.75, 3.05) is 12.0 Å². The van der Waals surface area contributed by atoms with Crippen molar-refractivity contribution in [3.8, 4) is 0 Å². The lowest BCUT2D eigenvalue weighted by molar-refractivity contribution is -0.117. The fourth-order valence-electron chi connectivity index (χ4n) is 1.30. The van der Waals surface area contributed by atoms with Gasteiger partial charge in [-0.15, -0.1) is 0 Å². The summed E-state index contributed by atoms with van der Waals surface area (Å²) < 4.78 is 5.07. The van der Waals surface area contributed by atoms with Gasteiger partial charge in [0.05, 0.1) is 19.0 Å². The van der Waals surface area contributed by atoms with Crippen molar-refractivity contribution < 1.29 is 9.53 Å². The molecule has 1 aromatic rings. The number of allylic oxidation sites excluding steroid dienone is 1. The molecule has 0 saturated carbocycles. The first-order valence-corrected chi connectivity index (χ1v) is 5.55. The average Bonchev–Trinajstić information content (AvgIpc) is 2.36. The molecule has 0 aromatic carbocycles. The summed E-state index contributed by atoms with van der Waals surface area (Å²) in [6, 6.07) is 3.75. The molecule has 0 atom stereocenters. The molecule has 1 amide bonds. The number of carbonyl (C=O) groups excluding carboxylic acids is 1. The van der Waals surface area contributed by atoms with Crippen LogP contribution in [-0.4, -0.2) is 18.0 Å². The van der Waals surface area contributed by atoms with Crippen LogP contribution in [0.5, 0.6) is 0 Å². The van der Waals surface area contributed by atoms with Crippen LogP contribution in [-0.2, 0) is 9.53 Å². The first-order valence-electron chi connectivity index (χ1n) is 5.55. The Labute approximate surface area is 102 Å². The van der Waals surface area contributed by atoms with E-state index in [1.165, 1.54) is 0 Å². The maximum atomic E-state index is 11.8. The lowest BCUT2D eigenvalue weighted by Crippen LogP contribution is -2.25. The van der Waals surface area contributed by atoms with Gasteiger partial charge in [0.15, 0.2) is 0 Å². The highest BCUT2D eigenvalue weighted by atomic mass is 16.5. The Morgan fingerprint density at radius 1 is 1.53 bits per heavy atom. The summed E-state index contributed by atoms with van der Waals surface area (Å²) >= 11 is 0. The zero-order valence-electron chi connectivity index (χ0n) is 10.7. The number of carbonyl (C=O) groups is 1. The van der Waals surface area contributed by atoms with Gasteiger partial charge in [-0.3, -0.25) is 14.7 Å². The minimum Gasteiger partial charge on any atom is -0.500 e. The summed E-state index contributed by atoms with van der Waals surface area (Å²) in [4.78, 5) is 17.6. The second-order valence-electron chi connectivity index (χ2n) is 3.72. The summed E-state index contributed by atoms with van der Waals surface area (Å²) in [6.07, 6.45) is 3.79. The number of pyridine rings is 1. The number of methoxy groups -OCH3 is 1. The van der Waals surface area contributed by atoms with Gasteiger partial charge in [0, 0.05) is 18.3 Å². The maximum absolute atomic E-state index is 11.8. The zero-order valence-corrected chi connectivity index (χ0v) is 10.7. The van der Waals surface area contributed by atoms with Gasteiger partial charge in [-0.05, 0) is 26.0 Å². The van der Waals surface area contributed by atoms with E-state index in [2.05, 4.69) is 4.98 Å². The van der Waals surface area contributed by atoms with Gasteiger partial charge >= 0.3 is 0 Å². The van der Waals surface area contributed by atoms with Crippen molar-refractivity contribution in [1.29, 1.82) is 0 Å². The van der Waals surface area contributed by atoms with Crippen LogP contribution in [0, 0.1) is 6.92 Å². The number of ether oxygens (including phenoxy) is 1. The van der Waals surface area contributed by atoms with Gasteiger partial charge in [0.1, 0.15) is 5.76 Å². The van der Waals surface area contributed by atoms with Crippen LogP contribution in [0.25, 0.3) is 0 Å². The normalized spacial score (nSPS) is 11.2. The number of hydrogen-bond acceptors (Lipinski definition) is 3. The molecule has 0 spiro atoms. The molecule has 1 rings (SSSR count). The zero-order chi connectivity index (χ0) is 12.8. The molecule has 0 N–H and O–H groups in total. The molecule has 17 heavy (non-hydrogen) atoms. The number of nitrogens with zero attached hydrogens (tertiary/aromatic N) is 2. The summed E-state index contributed by atoms with van der Waals surface area (Å²) in [7, 11) is 1.58. The number of hydrogen-bond donors (Lipinski definition) is 0. The third-order valence-corrected chi connectivity index (χ3v) is 2.38. The molecule has 0 fully saturated rings. The Balaban J connectivity index is 3.06. The van der Waals surface area contributed by atoms with E-state index in [1.54, 1.807) is 31.3 Å². The number of aromatic nitrogens is 1. The van der Waals surface area contributed by atoms with E-state index >= 15 is 0 Å². The summed E-state index contributed by atoms with van der Waals surface area (Å²) in [5.74, 6) is 0.680. The van der Waals surface area contributed by atoms with Crippen LogP contribution in [0.15, 0.2) is 30.3 Å². The summed E-state index contributed by atoms with van der Waals surface area (Å²) in [5.41, 5.74) is 1.67. The number of aryl methyl sites for hydroxylation is 1. The molecular formula is C13H18N2O2. The minimum atomic E-state index is 0.00653. The molecule has 4 heteroatoms. The molecule has 1 heterocycles. The highest BCUT2D eigenvalue weighted by Gasteiger charge is 2.12. The van der Waals surface area contributed by atoms with Crippen LogP contribution in [0.3, 0.4) is 0 Å². The van der Waals surface area contributed by atoms with Crippen molar-refractivity contribution >= 4 is 11.6 Å². The molecule has 0 unspecified atom stereocenters. The minimum absolute atomic E-state index is 0.00653. The van der Waals surface area contributed by atoms with E-state index in [-0.39, 0.29) is 5.91 Å². The fraction of sp³-hybridized carbons (Fsp3) is 0.385. The Morgan fingerprint density at radius 2 is 2.24 bits per heavy atom. The van der Waals surface area contributed by atoms with E-state index in [0.717, 1.165) is 11.4 Å². The molecule has 0 radical (unpaired) electrons. The first kappa shape index (κ1) is 13.2. The third kappa shape index (κ3) is 3.59. The van der Waals surface area contributed by atoms with Gasteiger partial charge < -0.3 is 4.74 Å². The standard InChI is InChI=1S/C13H18N2O2/c1-5-13(16)15(9-11(3)17-4)12-7-6-10(2)14-8-12/h6-9H,5H2,1-4H3/b11-9+. The molecule has 0 bridgehead atoms. The van der Waals surface area contributed by atoms with Crippen LogP contribution in [0.2, 0.25) is 0 Å². The number of anilines is 1. The third-order valence-electron chi connectivity index (χ3n) is 2.38. The molecule has 1 aromatic heterocycles. The Hall–Kier alpha value is -1.84. The summed E-state index contributed by atoms with van der Waals surface area (Å²) in [5, 5.41) is 0. The SMILES string of the molecule is CCC(=O)N(/C=C(\C)OC)c1ccc(C)nc1. The Morgan fingerprint density at radius 3 is 2.71 bits per heavy atom. The van der Waals surface area contributed by atoms with Crippen molar-refractivity contribution in [2.45, 2.75) is 27.2 Å². The highest BCUT2D eigenvalue weighted by Crippen LogP contribution is 2.16. The molecule has 0 aliphatic carbocycles. The monoisotopic (exact) mass is 234 g/mol. The van der Waals surface area contributed by atoms with E-state index in [1.807, 2.05) is 26.0 Å². The van der Waals surface area contributed by atoms with Gasteiger partial charge in [-0.1, -0.05) is 6.92 Å². The molecule has 92 valence electrons. The quantitative estimate of drug-likeness (QED) is 0.752. The number of rotatable bonds is 4. The van der Waals surface area contributed by atoms with E-state index in [0.29, 0.717) is 12.2 Å². The topological polar surface area (TPSA) is 42.4 Å². The Bertz CT molecular complexity index is 410. The van der Waals surface area contributed by atoms with Crippen molar-refractivity contribution in [3.63, 3.8) is 0 Å². The maximum Gasteiger partial charge on any atom is 0.230 e. The fourth-order valence-corrected chi connectivity index (χ4v) is 1.30. The molecule has 4 nitrogen and oxygen atoms in total. The van der Waals surface area contributed by atoms with Gasteiger partial charge in [0.2, 0.25) is 5.91 Å². The number of amides is 1. The van der Waals surface area contributed by atoms with Crippen molar-refractivity contribution in [1.82, 2.24) is 4.98 Å². The molecular weight excluding hydrogens is 216 g/mol. The largest absolute Gasteiger partial charge is 0.500 e. The highest BCUT2D eigenvalue weighted by molar-refractivity contribution is 5.94. The molecule has 0 aliphatic heterocycles.